The van der Waals surface area contributed by atoms with Gasteiger partial charge >= 0.3 is 5.91 Å². The minimum absolute atomic E-state index is 0.0153. The third-order valence-electron chi connectivity index (χ3n) is 6.43. The number of hydrogen-bond acceptors (Lipinski definition) is 6. The Morgan fingerprint density at radius 2 is 1.81 bits per heavy atom. The van der Waals surface area contributed by atoms with E-state index in [1.54, 1.807) is 12.1 Å². The van der Waals surface area contributed by atoms with Crippen molar-refractivity contribution in [1.29, 1.82) is 0 Å². The number of aliphatic hydroxyl groups excluding tert-OH is 1. The zero-order valence-electron chi connectivity index (χ0n) is 20.1. The lowest BCUT2D eigenvalue weighted by atomic mass is 9.94. The molecular weight excluding hydrogens is 496 g/mol. The lowest BCUT2D eigenvalue weighted by Gasteiger charge is -2.23. The average molecular weight is 519 g/mol. The zero-order chi connectivity index (χ0) is 25.7. The van der Waals surface area contributed by atoms with Crippen LogP contribution in [0.1, 0.15) is 33.9 Å². The molecule has 0 saturated carbocycles. The molecule has 1 N–H and O–H groups in total. The van der Waals surface area contributed by atoms with E-state index in [2.05, 4.69) is 0 Å². The molecule has 0 radical (unpaired) electrons. The lowest BCUT2D eigenvalue weighted by molar-refractivity contribution is -0.132. The molecule has 1 fully saturated rings. The van der Waals surface area contributed by atoms with Crippen molar-refractivity contribution in [2.75, 3.05) is 12.0 Å². The fourth-order valence-corrected chi connectivity index (χ4v) is 5.76. The number of aryl methyl sites for hydroxylation is 3. The Balaban J connectivity index is 1.73. The van der Waals surface area contributed by atoms with Crippen LogP contribution >= 0.6 is 22.9 Å². The molecule has 2 heterocycles. The number of ether oxygens (including phenoxy) is 1. The number of nitrogens with zero attached hydrogens (tertiary/aromatic N) is 2. The minimum atomic E-state index is -0.853. The summed E-state index contributed by atoms with van der Waals surface area (Å²) in [7, 11) is 1.49. The smallest absolute Gasteiger partial charge is 0.301 e. The monoisotopic (exact) mass is 518 g/mol. The van der Waals surface area contributed by atoms with Crippen LogP contribution in [0.5, 0.6) is 5.75 Å². The number of hydrogen-bond donors (Lipinski definition) is 1. The molecular formula is C28H23ClN2O4S. The van der Waals surface area contributed by atoms with Gasteiger partial charge in [-0.2, -0.15) is 0 Å². The second kappa shape index (κ2) is 9.08. The molecule has 1 atom stereocenters. The van der Waals surface area contributed by atoms with E-state index in [1.807, 2.05) is 57.2 Å². The number of rotatable bonds is 4. The fourth-order valence-electron chi connectivity index (χ4n) is 4.43. The Bertz CT molecular complexity index is 1550. The van der Waals surface area contributed by atoms with Crippen LogP contribution in [-0.2, 0) is 9.59 Å². The summed E-state index contributed by atoms with van der Waals surface area (Å²) in [6.45, 7) is 5.96. The average Bonchev–Trinajstić information content (AvgIpc) is 3.36. The second-order valence-electron chi connectivity index (χ2n) is 8.83. The van der Waals surface area contributed by atoms with E-state index in [-0.39, 0.29) is 16.4 Å². The number of Topliss-reactive ketones (excluding diaryl/α,β-unsaturated/α-hetero) is 1. The third-order valence-corrected chi connectivity index (χ3v) is 7.74. The molecule has 4 aromatic rings. The van der Waals surface area contributed by atoms with Gasteiger partial charge in [-0.1, -0.05) is 52.8 Å². The van der Waals surface area contributed by atoms with E-state index in [1.165, 1.54) is 29.4 Å². The van der Waals surface area contributed by atoms with E-state index < -0.39 is 17.7 Å². The van der Waals surface area contributed by atoms with Crippen LogP contribution < -0.4 is 9.64 Å². The number of benzene rings is 3. The predicted molar refractivity (Wildman–Crippen MR) is 143 cm³/mol. The normalized spacial score (nSPS) is 17.2. The molecule has 8 heteroatoms. The van der Waals surface area contributed by atoms with Crippen molar-refractivity contribution in [2.45, 2.75) is 26.8 Å². The van der Waals surface area contributed by atoms with Crippen molar-refractivity contribution in [3.05, 3.63) is 93.0 Å². The highest BCUT2D eigenvalue weighted by Gasteiger charge is 2.48. The van der Waals surface area contributed by atoms with Gasteiger partial charge in [-0.15, -0.1) is 0 Å². The van der Waals surface area contributed by atoms with Crippen LogP contribution in [0, 0.1) is 20.8 Å². The Labute approximate surface area is 217 Å². The fraction of sp³-hybridized carbons (Fsp3) is 0.179. The number of carbonyl (C=O) groups is 2. The van der Waals surface area contributed by atoms with Gasteiger partial charge in [-0.3, -0.25) is 14.5 Å². The number of methoxy groups -OCH3 is 1. The van der Waals surface area contributed by atoms with E-state index in [0.717, 1.165) is 26.9 Å². The van der Waals surface area contributed by atoms with Gasteiger partial charge in [0.05, 0.1) is 34.0 Å². The molecule has 5 rings (SSSR count). The summed E-state index contributed by atoms with van der Waals surface area (Å²) in [5.41, 5.74) is 4.91. The standard InChI is InChI=1S/C28H23ClN2O4S/c1-14-6-5-7-17(10-14)24-23(25(32)18-8-9-21(35-4)19(29)13-18)26(33)27(34)31(24)28-30-20-11-15(2)16(3)12-22(20)36-28/h5-13,24,32H,1-4H3/b25-23+. The van der Waals surface area contributed by atoms with Crippen LogP contribution in [0.25, 0.3) is 16.0 Å². The number of ketones is 1. The van der Waals surface area contributed by atoms with Crippen molar-refractivity contribution >= 4 is 55.7 Å². The van der Waals surface area contributed by atoms with Gasteiger partial charge in [0.15, 0.2) is 5.13 Å². The van der Waals surface area contributed by atoms with Crippen LogP contribution in [0.3, 0.4) is 0 Å². The summed E-state index contributed by atoms with van der Waals surface area (Å²) >= 11 is 7.63. The highest BCUT2D eigenvalue weighted by atomic mass is 35.5. The first kappa shape index (κ1) is 24.0. The Morgan fingerprint density at radius 3 is 2.50 bits per heavy atom. The number of fused-ring (bicyclic) bond motifs is 1. The zero-order valence-corrected chi connectivity index (χ0v) is 21.7. The molecule has 0 aliphatic carbocycles. The van der Waals surface area contributed by atoms with Crippen LogP contribution in [-0.4, -0.2) is 28.9 Å². The summed E-state index contributed by atoms with van der Waals surface area (Å²) in [6, 6.07) is 15.4. The van der Waals surface area contributed by atoms with Gasteiger partial charge < -0.3 is 9.84 Å². The molecule has 1 saturated heterocycles. The van der Waals surface area contributed by atoms with Crippen molar-refractivity contribution in [3.63, 3.8) is 0 Å². The maximum atomic E-state index is 13.5. The van der Waals surface area contributed by atoms with Crippen molar-refractivity contribution in [1.82, 2.24) is 4.98 Å². The molecule has 1 aliphatic heterocycles. The molecule has 1 aromatic heterocycles. The lowest BCUT2D eigenvalue weighted by Crippen LogP contribution is -2.29. The summed E-state index contributed by atoms with van der Waals surface area (Å²) in [4.78, 5) is 33.0. The van der Waals surface area contributed by atoms with Crippen molar-refractivity contribution < 1.29 is 19.4 Å². The first-order chi connectivity index (χ1) is 17.2. The van der Waals surface area contributed by atoms with E-state index in [9.17, 15) is 14.7 Å². The van der Waals surface area contributed by atoms with Crippen molar-refractivity contribution in [2.24, 2.45) is 0 Å². The largest absolute Gasteiger partial charge is 0.507 e. The molecule has 1 aliphatic rings. The number of anilines is 1. The molecule has 1 amide bonds. The van der Waals surface area contributed by atoms with E-state index in [4.69, 9.17) is 21.3 Å². The van der Waals surface area contributed by atoms with Gasteiger partial charge in [0, 0.05) is 5.56 Å². The minimum Gasteiger partial charge on any atom is -0.507 e. The van der Waals surface area contributed by atoms with Gasteiger partial charge in [-0.25, -0.2) is 4.98 Å². The number of aromatic nitrogens is 1. The molecule has 182 valence electrons. The number of halogens is 1. The SMILES string of the molecule is COc1ccc(/C(O)=C2\C(=O)C(=O)N(c3nc4cc(C)c(C)cc4s3)C2c2cccc(C)c2)cc1Cl. The van der Waals surface area contributed by atoms with Crippen LogP contribution in [0.15, 0.2) is 60.2 Å². The Kier molecular flexibility index (Phi) is 6.06. The first-order valence-electron chi connectivity index (χ1n) is 11.3. The van der Waals surface area contributed by atoms with Crippen LogP contribution in [0.2, 0.25) is 5.02 Å². The summed E-state index contributed by atoms with van der Waals surface area (Å²) < 4.78 is 6.12. The molecule has 3 aromatic carbocycles. The van der Waals surface area contributed by atoms with Gasteiger partial charge in [0.1, 0.15) is 11.5 Å². The molecule has 0 spiro atoms. The number of amides is 1. The molecule has 0 bridgehead atoms. The maximum absolute atomic E-state index is 13.5. The topological polar surface area (TPSA) is 79.7 Å². The first-order valence-corrected chi connectivity index (χ1v) is 12.5. The third kappa shape index (κ3) is 3.94. The number of carbonyl (C=O) groups excluding carboxylic acids is 2. The van der Waals surface area contributed by atoms with E-state index >= 15 is 0 Å². The van der Waals surface area contributed by atoms with Gasteiger partial charge in [0.25, 0.3) is 5.78 Å². The quantitative estimate of drug-likeness (QED) is 0.189. The van der Waals surface area contributed by atoms with Gasteiger partial charge in [-0.05, 0) is 67.8 Å². The Hall–Kier alpha value is -3.68. The number of aliphatic hydroxyl groups is 1. The highest BCUT2D eigenvalue weighted by molar-refractivity contribution is 7.22. The summed E-state index contributed by atoms with van der Waals surface area (Å²) in [5.74, 6) is -1.39. The maximum Gasteiger partial charge on any atom is 0.301 e. The molecule has 36 heavy (non-hydrogen) atoms. The summed E-state index contributed by atoms with van der Waals surface area (Å²) in [6.07, 6.45) is 0. The van der Waals surface area contributed by atoms with E-state index in [0.29, 0.717) is 22.0 Å². The van der Waals surface area contributed by atoms with Crippen molar-refractivity contribution in [3.8, 4) is 5.75 Å². The molecule has 1 unspecified atom stereocenters. The molecule has 6 nitrogen and oxygen atoms in total. The van der Waals surface area contributed by atoms with Crippen LogP contribution in [0.4, 0.5) is 5.13 Å². The Morgan fingerprint density at radius 1 is 1.06 bits per heavy atom. The highest BCUT2D eigenvalue weighted by Crippen LogP contribution is 2.45. The van der Waals surface area contributed by atoms with Gasteiger partial charge in [0.2, 0.25) is 0 Å². The number of thiazole rings is 1. The summed E-state index contributed by atoms with van der Waals surface area (Å²) in [5, 5.41) is 12.0. The predicted octanol–water partition coefficient (Wildman–Crippen LogP) is 6.51. The second-order valence-corrected chi connectivity index (χ2v) is 10.2.